The van der Waals surface area contributed by atoms with E-state index in [2.05, 4.69) is 20.5 Å². The third-order valence-corrected chi connectivity index (χ3v) is 3.51. The number of hydrogen-bond acceptors (Lipinski definition) is 4. The van der Waals surface area contributed by atoms with Gasteiger partial charge in [0.1, 0.15) is 12.2 Å². The molecule has 0 spiro atoms. The fraction of sp³-hybridized carbons (Fsp3) is 0.750. The van der Waals surface area contributed by atoms with Gasteiger partial charge in [0.15, 0.2) is 0 Å². The molecule has 0 aliphatic heterocycles. The summed E-state index contributed by atoms with van der Waals surface area (Å²) in [5, 5.41) is 9.53. The minimum absolute atomic E-state index is 0.100. The zero-order valence-electron chi connectivity index (χ0n) is 11.4. The van der Waals surface area contributed by atoms with Crippen LogP contribution in [0.15, 0.2) is 6.33 Å². The molecule has 2 atom stereocenters. The maximum atomic E-state index is 12.1. The molecular formula is C12H21N5O2. The number of urea groups is 1. The largest absolute Gasteiger partial charge is 0.379 e. The lowest BCUT2D eigenvalue weighted by Gasteiger charge is -2.32. The molecule has 7 nitrogen and oxygen atoms in total. The van der Waals surface area contributed by atoms with Gasteiger partial charge in [-0.1, -0.05) is 12.8 Å². The summed E-state index contributed by atoms with van der Waals surface area (Å²) >= 11 is 0. The number of rotatable bonds is 4. The number of H-pyrrole nitrogens is 1. The minimum atomic E-state index is -0.106. The van der Waals surface area contributed by atoms with Crippen molar-refractivity contribution in [3.8, 4) is 0 Å². The van der Waals surface area contributed by atoms with Gasteiger partial charge in [0.05, 0.1) is 18.7 Å². The van der Waals surface area contributed by atoms with Gasteiger partial charge in [-0.25, -0.2) is 9.78 Å². The number of carbonyl (C=O) groups excluding carboxylic acids is 1. The van der Waals surface area contributed by atoms with Crippen molar-refractivity contribution in [1.29, 1.82) is 0 Å². The Morgan fingerprint density at radius 3 is 3.05 bits per heavy atom. The molecule has 1 fully saturated rings. The van der Waals surface area contributed by atoms with Crippen molar-refractivity contribution >= 4 is 6.03 Å². The maximum absolute atomic E-state index is 12.1. The zero-order chi connectivity index (χ0) is 13.7. The third kappa shape index (κ3) is 3.66. The van der Waals surface area contributed by atoms with Gasteiger partial charge in [0.2, 0.25) is 0 Å². The second kappa shape index (κ2) is 6.51. The number of amides is 2. The standard InChI is InChI=1S/C12H21N5O2/c1-17(7-11-13-8-14-16-11)12(18)15-9-5-3-4-6-10(9)19-2/h8-10H,3-7H2,1-2H3,(H,15,18)(H,13,14,16)/t9-,10-/m0/s1. The van der Waals surface area contributed by atoms with Crippen molar-refractivity contribution in [3.63, 3.8) is 0 Å². The van der Waals surface area contributed by atoms with Crippen LogP contribution in [0.5, 0.6) is 0 Å². The molecule has 1 aromatic rings. The Kier molecular flexibility index (Phi) is 4.73. The summed E-state index contributed by atoms with van der Waals surface area (Å²) in [7, 11) is 3.44. The number of hydrogen-bond donors (Lipinski definition) is 2. The maximum Gasteiger partial charge on any atom is 0.317 e. The summed E-state index contributed by atoms with van der Waals surface area (Å²) in [4.78, 5) is 17.7. The highest BCUT2D eigenvalue weighted by Crippen LogP contribution is 2.20. The van der Waals surface area contributed by atoms with Crippen LogP contribution < -0.4 is 5.32 Å². The molecule has 1 heterocycles. The predicted molar refractivity (Wildman–Crippen MR) is 69.4 cm³/mol. The Labute approximate surface area is 112 Å². The Bertz CT molecular complexity index is 395. The van der Waals surface area contributed by atoms with Crippen LogP contribution in [0.3, 0.4) is 0 Å². The third-order valence-electron chi connectivity index (χ3n) is 3.51. The first-order valence-corrected chi connectivity index (χ1v) is 6.59. The number of ether oxygens (including phenoxy) is 1. The SMILES string of the molecule is CO[C@H]1CCCC[C@@H]1NC(=O)N(C)Cc1ncn[nH]1. The van der Waals surface area contributed by atoms with E-state index < -0.39 is 0 Å². The molecule has 7 heteroatoms. The quantitative estimate of drug-likeness (QED) is 0.849. The van der Waals surface area contributed by atoms with E-state index in [-0.39, 0.29) is 18.2 Å². The predicted octanol–water partition coefficient (Wildman–Crippen LogP) is 0.904. The molecule has 0 aromatic carbocycles. The van der Waals surface area contributed by atoms with E-state index in [4.69, 9.17) is 4.74 Å². The molecular weight excluding hydrogens is 246 g/mol. The van der Waals surface area contributed by atoms with E-state index in [1.807, 2.05) is 0 Å². The van der Waals surface area contributed by atoms with E-state index in [0.29, 0.717) is 12.4 Å². The molecule has 2 rings (SSSR count). The number of nitrogens with one attached hydrogen (secondary N) is 2. The second-order valence-corrected chi connectivity index (χ2v) is 4.90. The Morgan fingerprint density at radius 2 is 2.37 bits per heavy atom. The number of methoxy groups -OCH3 is 1. The first kappa shape index (κ1) is 13.8. The van der Waals surface area contributed by atoms with Crippen LogP contribution >= 0.6 is 0 Å². The lowest BCUT2D eigenvalue weighted by Crippen LogP contribution is -2.49. The van der Waals surface area contributed by atoms with Gasteiger partial charge in [-0.2, -0.15) is 5.10 Å². The van der Waals surface area contributed by atoms with Crippen LogP contribution in [-0.4, -0.2) is 52.4 Å². The second-order valence-electron chi connectivity index (χ2n) is 4.90. The fourth-order valence-electron chi connectivity index (χ4n) is 2.42. The van der Waals surface area contributed by atoms with Gasteiger partial charge in [-0.05, 0) is 12.8 Å². The molecule has 1 aromatic heterocycles. The molecule has 0 saturated heterocycles. The number of carbonyl (C=O) groups is 1. The van der Waals surface area contributed by atoms with Crippen LogP contribution in [0.25, 0.3) is 0 Å². The van der Waals surface area contributed by atoms with E-state index in [1.54, 1.807) is 19.1 Å². The van der Waals surface area contributed by atoms with Gasteiger partial charge in [-0.15, -0.1) is 0 Å². The summed E-state index contributed by atoms with van der Waals surface area (Å²) < 4.78 is 5.43. The Hall–Kier alpha value is -1.63. The lowest BCUT2D eigenvalue weighted by atomic mass is 9.92. The molecule has 2 N–H and O–H groups in total. The molecule has 1 saturated carbocycles. The number of aromatic nitrogens is 3. The molecule has 19 heavy (non-hydrogen) atoms. The molecule has 1 aliphatic carbocycles. The number of nitrogens with zero attached hydrogens (tertiary/aromatic N) is 3. The molecule has 1 aliphatic rings. The van der Waals surface area contributed by atoms with Gasteiger partial charge in [0.25, 0.3) is 0 Å². The van der Waals surface area contributed by atoms with E-state index in [9.17, 15) is 4.79 Å². The van der Waals surface area contributed by atoms with E-state index in [0.717, 1.165) is 19.3 Å². The van der Waals surface area contributed by atoms with Crippen LogP contribution in [0.4, 0.5) is 4.79 Å². The van der Waals surface area contributed by atoms with Crippen molar-refractivity contribution < 1.29 is 9.53 Å². The molecule has 0 unspecified atom stereocenters. The zero-order valence-corrected chi connectivity index (χ0v) is 11.4. The Balaban J connectivity index is 1.85. The summed E-state index contributed by atoms with van der Waals surface area (Å²) in [5.74, 6) is 0.671. The number of aromatic amines is 1. The van der Waals surface area contributed by atoms with E-state index >= 15 is 0 Å². The van der Waals surface area contributed by atoms with Crippen LogP contribution in [0.1, 0.15) is 31.5 Å². The van der Waals surface area contributed by atoms with Crippen LogP contribution in [0, 0.1) is 0 Å². The van der Waals surface area contributed by atoms with Crippen molar-refractivity contribution in [2.75, 3.05) is 14.2 Å². The van der Waals surface area contributed by atoms with Gasteiger partial charge in [0, 0.05) is 14.2 Å². The highest BCUT2D eigenvalue weighted by atomic mass is 16.5. The normalized spacial score (nSPS) is 23.1. The van der Waals surface area contributed by atoms with Crippen LogP contribution in [-0.2, 0) is 11.3 Å². The van der Waals surface area contributed by atoms with Crippen molar-refractivity contribution in [2.24, 2.45) is 0 Å². The summed E-state index contributed by atoms with van der Waals surface area (Å²) in [5.41, 5.74) is 0. The topological polar surface area (TPSA) is 83.1 Å². The lowest BCUT2D eigenvalue weighted by molar-refractivity contribution is 0.0434. The molecule has 0 bridgehead atoms. The highest BCUT2D eigenvalue weighted by Gasteiger charge is 2.27. The summed E-state index contributed by atoms with van der Waals surface area (Å²) in [6.45, 7) is 0.413. The average molecular weight is 267 g/mol. The van der Waals surface area contributed by atoms with Crippen molar-refractivity contribution in [1.82, 2.24) is 25.4 Å². The average Bonchev–Trinajstić information content (AvgIpc) is 2.92. The van der Waals surface area contributed by atoms with Gasteiger partial charge < -0.3 is 15.0 Å². The first-order valence-electron chi connectivity index (χ1n) is 6.59. The first-order chi connectivity index (χ1) is 9.20. The smallest absolute Gasteiger partial charge is 0.317 e. The fourth-order valence-corrected chi connectivity index (χ4v) is 2.42. The minimum Gasteiger partial charge on any atom is -0.379 e. The van der Waals surface area contributed by atoms with Crippen molar-refractivity contribution in [2.45, 2.75) is 44.4 Å². The van der Waals surface area contributed by atoms with Gasteiger partial charge in [-0.3, -0.25) is 5.10 Å². The Morgan fingerprint density at radius 1 is 1.58 bits per heavy atom. The van der Waals surface area contributed by atoms with Gasteiger partial charge >= 0.3 is 6.03 Å². The highest BCUT2D eigenvalue weighted by molar-refractivity contribution is 5.74. The molecule has 2 amide bonds. The van der Waals surface area contributed by atoms with Crippen molar-refractivity contribution in [3.05, 3.63) is 12.2 Å². The van der Waals surface area contributed by atoms with E-state index in [1.165, 1.54) is 12.7 Å². The summed E-state index contributed by atoms with van der Waals surface area (Å²) in [6.07, 6.45) is 5.84. The monoisotopic (exact) mass is 267 g/mol. The molecule has 106 valence electrons. The molecule has 0 radical (unpaired) electrons. The summed E-state index contributed by atoms with van der Waals surface area (Å²) in [6, 6.07) is -0.00576. The van der Waals surface area contributed by atoms with Crippen LogP contribution in [0.2, 0.25) is 0 Å².